The van der Waals surface area contributed by atoms with Gasteiger partial charge in [0, 0.05) is 6.42 Å². The van der Waals surface area contributed by atoms with Crippen LogP contribution in [0.15, 0.2) is 48.5 Å². The molecule has 1 heteroatoms. The van der Waals surface area contributed by atoms with Gasteiger partial charge in [0.15, 0.2) is 0 Å². The first-order valence-electron chi connectivity index (χ1n) is 7.37. The Morgan fingerprint density at radius 2 is 1.60 bits per heavy atom. The molecular weight excluding hydrogens is 244 g/mol. The highest BCUT2D eigenvalue weighted by Gasteiger charge is 2.09. The van der Waals surface area contributed by atoms with Crippen molar-refractivity contribution in [2.24, 2.45) is 5.92 Å². The molecule has 106 valence electrons. The smallest absolute Gasteiger partial charge is 0.0830 e. The summed E-state index contributed by atoms with van der Waals surface area (Å²) in [7, 11) is 0. The van der Waals surface area contributed by atoms with Crippen molar-refractivity contribution in [1.82, 2.24) is 0 Å². The van der Waals surface area contributed by atoms with Crippen molar-refractivity contribution in [2.75, 3.05) is 0 Å². The zero-order valence-electron chi connectivity index (χ0n) is 12.6. The van der Waals surface area contributed by atoms with Crippen LogP contribution in [0.2, 0.25) is 0 Å². The van der Waals surface area contributed by atoms with E-state index in [1.807, 2.05) is 12.1 Å². The maximum absolute atomic E-state index is 10.4. The minimum atomic E-state index is -0.426. The van der Waals surface area contributed by atoms with E-state index in [4.69, 9.17) is 0 Å². The molecule has 0 amide bonds. The summed E-state index contributed by atoms with van der Waals surface area (Å²) in [6, 6.07) is 16.7. The number of aliphatic hydroxyl groups is 1. The summed E-state index contributed by atoms with van der Waals surface area (Å²) in [6.07, 6.45) is 1.31. The number of aliphatic hydroxyl groups excluding tert-OH is 1. The lowest BCUT2D eigenvalue weighted by atomic mass is 9.96. The predicted molar refractivity (Wildman–Crippen MR) is 84.8 cm³/mol. The van der Waals surface area contributed by atoms with Crippen molar-refractivity contribution in [3.63, 3.8) is 0 Å². The molecule has 0 fully saturated rings. The van der Waals surface area contributed by atoms with Crippen molar-refractivity contribution in [1.29, 1.82) is 0 Å². The third kappa shape index (κ3) is 4.21. The quantitative estimate of drug-likeness (QED) is 0.848. The van der Waals surface area contributed by atoms with Gasteiger partial charge in [0.25, 0.3) is 0 Å². The summed E-state index contributed by atoms with van der Waals surface area (Å²) in [5.74, 6) is 0.638. The van der Waals surface area contributed by atoms with Crippen LogP contribution < -0.4 is 0 Å². The van der Waals surface area contributed by atoms with Crippen LogP contribution in [0.5, 0.6) is 0 Å². The first-order valence-corrected chi connectivity index (χ1v) is 7.37. The second kappa shape index (κ2) is 6.71. The molecule has 0 aromatic heterocycles. The average Bonchev–Trinajstić information content (AvgIpc) is 2.41. The van der Waals surface area contributed by atoms with Gasteiger partial charge in [-0.2, -0.15) is 0 Å². The van der Waals surface area contributed by atoms with Crippen molar-refractivity contribution in [2.45, 2.75) is 39.7 Å². The summed E-state index contributed by atoms with van der Waals surface area (Å²) < 4.78 is 0. The van der Waals surface area contributed by atoms with Crippen LogP contribution in [0.25, 0.3) is 0 Å². The van der Waals surface area contributed by atoms with Crippen molar-refractivity contribution in [3.05, 3.63) is 70.8 Å². The normalized spacial score (nSPS) is 12.7. The van der Waals surface area contributed by atoms with Crippen LogP contribution in [0.4, 0.5) is 0 Å². The largest absolute Gasteiger partial charge is 0.388 e. The fraction of sp³-hybridized carbons (Fsp3) is 0.368. The van der Waals surface area contributed by atoms with Gasteiger partial charge in [0.05, 0.1) is 6.10 Å². The Kier molecular flexibility index (Phi) is 4.97. The molecule has 0 radical (unpaired) electrons. The third-order valence-corrected chi connectivity index (χ3v) is 3.53. The average molecular weight is 268 g/mol. The molecule has 0 bridgehead atoms. The molecule has 0 saturated carbocycles. The molecule has 1 nitrogen and oxygen atoms in total. The van der Waals surface area contributed by atoms with Gasteiger partial charge in [0.1, 0.15) is 0 Å². The number of hydrogen-bond donors (Lipinski definition) is 1. The lowest BCUT2D eigenvalue weighted by Crippen LogP contribution is -2.03. The number of aryl methyl sites for hydroxylation is 1. The Morgan fingerprint density at radius 3 is 2.25 bits per heavy atom. The van der Waals surface area contributed by atoms with Gasteiger partial charge in [-0.1, -0.05) is 67.9 Å². The van der Waals surface area contributed by atoms with E-state index in [1.54, 1.807) is 0 Å². The molecule has 0 aliphatic rings. The molecule has 0 aliphatic carbocycles. The van der Waals surface area contributed by atoms with Gasteiger partial charge in [-0.25, -0.2) is 0 Å². The molecular formula is C19H24O. The summed E-state index contributed by atoms with van der Waals surface area (Å²) in [4.78, 5) is 0. The monoisotopic (exact) mass is 268 g/mol. The summed E-state index contributed by atoms with van der Waals surface area (Å²) >= 11 is 0. The van der Waals surface area contributed by atoms with Crippen LogP contribution in [0, 0.1) is 12.8 Å². The standard InChI is InChI=1S/C19H24O/c1-14(2)11-17-5-4-6-18(12-17)19(20)13-16-9-7-15(3)8-10-16/h4-10,12,14,19-20H,11,13H2,1-3H3. The summed E-state index contributed by atoms with van der Waals surface area (Å²) in [6.45, 7) is 6.51. The Morgan fingerprint density at radius 1 is 0.900 bits per heavy atom. The highest BCUT2D eigenvalue weighted by atomic mass is 16.3. The fourth-order valence-electron chi connectivity index (χ4n) is 2.46. The van der Waals surface area contributed by atoms with Gasteiger partial charge in [0.2, 0.25) is 0 Å². The van der Waals surface area contributed by atoms with E-state index in [0.29, 0.717) is 12.3 Å². The molecule has 20 heavy (non-hydrogen) atoms. The molecule has 1 N–H and O–H groups in total. The molecule has 0 saturated heterocycles. The van der Waals surface area contributed by atoms with Gasteiger partial charge in [-0.3, -0.25) is 0 Å². The second-order valence-electron chi connectivity index (χ2n) is 6.05. The zero-order valence-corrected chi connectivity index (χ0v) is 12.6. The Hall–Kier alpha value is -1.60. The Bertz CT molecular complexity index is 540. The predicted octanol–water partition coefficient (Wildman–Crippen LogP) is 4.47. The highest BCUT2D eigenvalue weighted by Crippen LogP contribution is 2.21. The fourth-order valence-corrected chi connectivity index (χ4v) is 2.46. The van der Waals surface area contributed by atoms with Gasteiger partial charge >= 0.3 is 0 Å². The van der Waals surface area contributed by atoms with Crippen molar-refractivity contribution in [3.8, 4) is 0 Å². The van der Waals surface area contributed by atoms with E-state index < -0.39 is 6.10 Å². The van der Waals surface area contributed by atoms with Gasteiger partial charge in [-0.15, -0.1) is 0 Å². The zero-order chi connectivity index (χ0) is 14.5. The van der Waals surface area contributed by atoms with E-state index >= 15 is 0 Å². The minimum absolute atomic E-state index is 0.426. The molecule has 2 aromatic rings. The maximum atomic E-state index is 10.4. The van der Waals surface area contributed by atoms with Crippen molar-refractivity contribution >= 4 is 0 Å². The van der Waals surface area contributed by atoms with E-state index in [-0.39, 0.29) is 0 Å². The number of rotatable bonds is 5. The van der Waals surface area contributed by atoms with Crippen molar-refractivity contribution < 1.29 is 5.11 Å². The molecule has 0 spiro atoms. The Labute approximate surface area is 122 Å². The molecule has 2 aromatic carbocycles. The minimum Gasteiger partial charge on any atom is -0.388 e. The van der Waals surface area contributed by atoms with E-state index in [1.165, 1.54) is 16.7 Å². The van der Waals surface area contributed by atoms with Crippen LogP contribution in [0.3, 0.4) is 0 Å². The molecule has 2 rings (SSSR count). The van der Waals surface area contributed by atoms with Gasteiger partial charge in [-0.05, 0) is 36.0 Å². The van der Waals surface area contributed by atoms with E-state index in [0.717, 1.165) is 12.0 Å². The summed E-state index contributed by atoms with van der Waals surface area (Å²) in [5, 5.41) is 10.4. The molecule has 0 aliphatic heterocycles. The SMILES string of the molecule is Cc1ccc(CC(O)c2cccc(CC(C)C)c2)cc1. The lowest BCUT2D eigenvalue weighted by Gasteiger charge is -2.13. The molecule has 1 unspecified atom stereocenters. The van der Waals surface area contributed by atoms with Crippen LogP contribution in [0.1, 0.15) is 42.2 Å². The topological polar surface area (TPSA) is 20.2 Å². The first-order chi connectivity index (χ1) is 9.54. The number of benzene rings is 2. The highest BCUT2D eigenvalue weighted by molar-refractivity contribution is 5.28. The first kappa shape index (κ1) is 14.8. The lowest BCUT2D eigenvalue weighted by molar-refractivity contribution is 0.178. The Balaban J connectivity index is 2.08. The van der Waals surface area contributed by atoms with Crippen LogP contribution in [-0.4, -0.2) is 5.11 Å². The second-order valence-corrected chi connectivity index (χ2v) is 6.05. The van der Waals surface area contributed by atoms with Gasteiger partial charge < -0.3 is 5.11 Å². The number of hydrogen-bond acceptors (Lipinski definition) is 1. The van der Waals surface area contributed by atoms with Crippen LogP contribution >= 0.6 is 0 Å². The summed E-state index contributed by atoms with van der Waals surface area (Å²) in [5.41, 5.74) is 4.75. The van der Waals surface area contributed by atoms with E-state index in [9.17, 15) is 5.11 Å². The maximum Gasteiger partial charge on any atom is 0.0830 e. The van der Waals surface area contributed by atoms with E-state index in [2.05, 4.69) is 57.2 Å². The third-order valence-electron chi connectivity index (χ3n) is 3.53. The van der Waals surface area contributed by atoms with Crippen LogP contribution in [-0.2, 0) is 12.8 Å². The molecule has 1 atom stereocenters. The molecule has 0 heterocycles.